The van der Waals surface area contributed by atoms with E-state index in [4.69, 9.17) is 0 Å². The van der Waals surface area contributed by atoms with E-state index in [0.29, 0.717) is 6.54 Å². The van der Waals surface area contributed by atoms with Crippen molar-refractivity contribution in [3.05, 3.63) is 47.2 Å². The number of benzene rings is 1. The third kappa shape index (κ3) is 2.26. The van der Waals surface area contributed by atoms with Crippen LogP contribution in [-0.2, 0) is 9.59 Å². The molecule has 1 aliphatic heterocycles. The third-order valence-corrected chi connectivity index (χ3v) is 3.26. The minimum absolute atomic E-state index is 0.199. The summed E-state index contributed by atoms with van der Waals surface area (Å²) >= 11 is 0. The number of Topliss-reactive ketones (excluding diaryl/α,β-unsaturated/α-hetero) is 1. The van der Waals surface area contributed by atoms with E-state index < -0.39 is 17.7 Å². The van der Waals surface area contributed by atoms with Crippen molar-refractivity contribution in [2.24, 2.45) is 0 Å². The zero-order valence-electron chi connectivity index (χ0n) is 11.1. The summed E-state index contributed by atoms with van der Waals surface area (Å²) in [6.07, 6.45) is 0.771. The first-order chi connectivity index (χ1) is 9.07. The summed E-state index contributed by atoms with van der Waals surface area (Å²) in [5.41, 5.74) is 1.04. The van der Waals surface area contributed by atoms with Crippen LogP contribution in [0.4, 0.5) is 0 Å². The van der Waals surface area contributed by atoms with Gasteiger partial charge in [0, 0.05) is 6.54 Å². The first-order valence-corrected chi connectivity index (χ1v) is 6.38. The molecule has 1 atom stereocenters. The van der Waals surface area contributed by atoms with Gasteiger partial charge in [-0.15, -0.1) is 0 Å². The van der Waals surface area contributed by atoms with Crippen LogP contribution in [0.15, 0.2) is 41.7 Å². The molecular formula is C15H17NO3. The summed E-state index contributed by atoms with van der Waals surface area (Å²) < 4.78 is 0. The molecule has 0 aromatic heterocycles. The lowest BCUT2D eigenvalue weighted by atomic mass is 9.97. The average molecular weight is 259 g/mol. The van der Waals surface area contributed by atoms with Crippen LogP contribution in [0.3, 0.4) is 0 Å². The van der Waals surface area contributed by atoms with Gasteiger partial charge in [0.15, 0.2) is 11.5 Å². The van der Waals surface area contributed by atoms with Gasteiger partial charge < -0.3 is 10.0 Å². The number of carbonyl (C=O) groups excluding carboxylic acids is 2. The number of ketones is 1. The molecule has 2 rings (SSSR count). The smallest absolute Gasteiger partial charge is 0.290 e. The molecule has 4 heteroatoms. The van der Waals surface area contributed by atoms with Crippen molar-refractivity contribution in [2.75, 3.05) is 6.54 Å². The first-order valence-electron chi connectivity index (χ1n) is 6.38. The highest BCUT2D eigenvalue weighted by atomic mass is 16.3. The number of aliphatic hydroxyl groups is 1. The van der Waals surface area contributed by atoms with Crippen molar-refractivity contribution in [2.45, 2.75) is 26.3 Å². The van der Waals surface area contributed by atoms with Crippen molar-refractivity contribution in [3.8, 4) is 0 Å². The highest BCUT2D eigenvalue weighted by molar-refractivity contribution is 6.08. The maximum Gasteiger partial charge on any atom is 0.290 e. The number of aliphatic hydroxyl groups excluding tert-OH is 1. The average Bonchev–Trinajstić information content (AvgIpc) is 2.65. The fourth-order valence-electron chi connectivity index (χ4n) is 2.47. The highest BCUT2D eigenvalue weighted by Gasteiger charge is 2.41. The Morgan fingerprint density at radius 2 is 1.95 bits per heavy atom. The third-order valence-electron chi connectivity index (χ3n) is 3.26. The fourth-order valence-corrected chi connectivity index (χ4v) is 2.47. The SMILES string of the molecule is CCCN1C(=O)C(O)=C(C(C)=O)C1c1ccccc1. The molecule has 0 radical (unpaired) electrons. The monoisotopic (exact) mass is 259 g/mol. The summed E-state index contributed by atoms with van der Waals surface area (Å²) in [5, 5.41) is 9.92. The second kappa shape index (κ2) is 5.26. The Bertz CT molecular complexity index is 534. The van der Waals surface area contributed by atoms with E-state index in [-0.39, 0.29) is 11.4 Å². The van der Waals surface area contributed by atoms with E-state index in [1.54, 1.807) is 4.90 Å². The van der Waals surface area contributed by atoms with E-state index in [1.807, 2.05) is 37.3 Å². The molecule has 4 nitrogen and oxygen atoms in total. The van der Waals surface area contributed by atoms with E-state index in [9.17, 15) is 14.7 Å². The van der Waals surface area contributed by atoms with Gasteiger partial charge in [-0.25, -0.2) is 0 Å². The molecule has 0 spiro atoms. The van der Waals surface area contributed by atoms with Crippen LogP contribution in [0.1, 0.15) is 31.9 Å². The molecule has 1 unspecified atom stereocenters. The molecular weight excluding hydrogens is 242 g/mol. The van der Waals surface area contributed by atoms with Crippen LogP contribution in [0.25, 0.3) is 0 Å². The first kappa shape index (κ1) is 13.3. The molecule has 1 aromatic carbocycles. The molecule has 0 saturated carbocycles. The van der Waals surface area contributed by atoms with Crippen LogP contribution >= 0.6 is 0 Å². The molecule has 100 valence electrons. The molecule has 0 saturated heterocycles. The zero-order valence-corrected chi connectivity index (χ0v) is 11.1. The Kier molecular flexibility index (Phi) is 3.69. The fraction of sp³-hybridized carbons (Fsp3) is 0.333. The number of nitrogens with zero attached hydrogens (tertiary/aromatic N) is 1. The maximum atomic E-state index is 12.1. The molecule has 0 bridgehead atoms. The molecule has 1 heterocycles. The molecule has 1 amide bonds. The van der Waals surface area contributed by atoms with Gasteiger partial charge in [0.1, 0.15) is 0 Å². The van der Waals surface area contributed by atoms with Gasteiger partial charge in [-0.05, 0) is 18.9 Å². The zero-order chi connectivity index (χ0) is 14.0. The molecule has 0 aliphatic carbocycles. The predicted octanol–water partition coefficient (Wildman–Crippen LogP) is 2.38. The molecule has 1 N–H and O–H groups in total. The van der Waals surface area contributed by atoms with Gasteiger partial charge in [-0.3, -0.25) is 9.59 Å². The van der Waals surface area contributed by atoms with Crippen LogP contribution in [0, 0.1) is 0 Å². The number of hydrogen-bond acceptors (Lipinski definition) is 3. The molecule has 1 aromatic rings. The van der Waals surface area contributed by atoms with Crippen molar-refractivity contribution in [3.63, 3.8) is 0 Å². The predicted molar refractivity (Wildman–Crippen MR) is 71.5 cm³/mol. The number of carbonyl (C=O) groups is 2. The summed E-state index contributed by atoms with van der Waals surface area (Å²) in [4.78, 5) is 25.4. The van der Waals surface area contributed by atoms with Gasteiger partial charge in [0.2, 0.25) is 0 Å². The van der Waals surface area contributed by atoms with E-state index in [0.717, 1.165) is 12.0 Å². The van der Waals surface area contributed by atoms with Crippen LogP contribution in [0.2, 0.25) is 0 Å². The van der Waals surface area contributed by atoms with Crippen molar-refractivity contribution in [1.29, 1.82) is 0 Å². The van der Waals surface area contributed by atoms with Crippen LogP contribution < -0.4 is 0 Å². The lowest BCUT2D eigenvalue weighted by Gasteiger charge is -2.26. The minimum Gasteiger partial charge on any atom is -0.503 e. The largest absolute Gasteiger partial charge is 0.503 e. The Morgan fingerprint density at radius 1 is 1.32 bits per heavy atom. The van der Waals surface area contributed by atoms with Crippen molar-refractivity contribution in [1.82, 2.24) is 4.90 Å². The Labute approximate surface area is 112 Å². The van der Waals surface area contributed by atoms with Crippen molar-refractivity contribution >= 4 is 11.7 Å². The molecule has 19 heavy (non-hydrogen) atoms. The van der Waals surface area contributed by atoms with Crippen LogP contribution in [-0.4, -0.2) is 28.2 Å². The highest BCUT2D eigenvalue weighted by Crippen LogP contribution is 2.37. The summed E-state index contributed by atoms with van der Waals surface area (Å²) in [6, 6.07) is 8.85. The van der Waals surface area contributed by atoms with Crippen molar-refractivity contribution < 1.29 is 14.7 Å². The Hall–Kier alpha value is -2.10. The second-order valence-corrected chi connectivity index (χ2v) is 4.63. The number of amides is 1. The van der Waals surface area contributed by atoms with E-state index >= 15 is 0 Å². The van der Waals surface area contributed by atoms with E-state index in [1.165, 1.54) is 6.92 Å². The Balaban J connectivity index is 2.51. The topological polar surface area (TPSA) is 57.6 Å². The number of rotatable bonds is 4. The second-order valence-electron chi connectivity index (χ2n) is 4.63. The summed E-state index contributed by atoms with van der Waals surface area (Å²) in [6.45, 7) is 3.85. The lowest BCUT2D eigenvalue weighted by molar-refractivity contribution is -0.129. The molecule has 0 fully saturated rings. The van der Waals surface area contributed by atoms with Gasteiger partial charge in [-0.2, -0.15) is 0 Å². The van der Waals surface area contributed by atoms with Crippen LogP contribution in [0.5, 0.6) is 0 Å². The van der Waals surface area contributed by atoms with Gasteiger partial charge >= 0.3 is 0 Å². The standard InChI is InChI=1S/C15H17NO3/c1-3-9-16-13(11-7-5-4-6-8-11)12(10(2)17)14(18)15(16)19/h4-8,13,18H,3,9H2,1-2H3. The van der Waals surface area contributed by atoms with Gasteiger partial charge in [0.05, 0.1) is 11.6 Å². The number of hydrogen-bond donors (Lipinski definition) is 1. The quantitative estimate of drug-likeness (QED) is 0.903. The summed E-state index contributed by atoms with van der Waals surface area (Å²) in [5.74, 6) is -1.13. The lowest BCUT2D eigenvalue weighted by Crippen LogP contribution is -2.31. The normalized spacial score (nSPS) is 19.2. The van der Waals surface area contributed by atoms with Gasteiger partial charge in [0.25, 0.3) is 5.91 Å². The Morgan fingerprint density at radius 3 is 2.47 bits per heavy atom. The minimum atomic E-state index is -0.467. The summed E-state index contributed by atoms with van der Waals surface area (Å²) in [7, 11) is 0. The molecule has 1 aliphatic rings. The van der Waals surface area contributed by atoms with E-state index in [2.05, 4.69) is 0 Å². The van der Waals surface area contributed by atoms with Gasteiger partial charge in [-0.1, -0.05) is 37.3 Å². The maximum absolute atomic E-state index is 12.1.